The summed E-state index contributed by atoms with van der Waals surface area (Å²) in [5.74, 6) is 0. The van der Waals surface area contributed by atoms with Crippen molar-refractivity contribution in [2.45, 2.75) is 20.0 Å². The molecule has 0 aliphatic rings. The second-order valence-electron chi connectivity index (χ2n) is 2.60. The van der Waals surface area contributed by atoms with Gasteiger partial charge >= 0.3 is 0 Å². The SMILES string of the molecule is Cc1ncc(Br)c(C(C)O)c1Cl. The molecule has 0 aliphatic heterocycles. The van der Waals surface area contributed by atoms with Crippen LogP contribution >= 0.6 is 27.5 Å². The first-order chi connectivity index (χ1) is 5.54. The van der Waals surface area contributed by atoms with Gasteiger partial charge in [-0.25, -0.2) is 0 Å². The molecule has 0 saturated heterocycles. The summed E-state index contributed by atoms with van der Waals surface area (Å²) < 4.78 is 0.744. The summed E-state index contributed by atoms with van der Waals surface area (Å²) in [4.78, 5) is 4.03. The van der Waals surface area contributed by atoms with Gasteiger partial charge in [-0.3, -0.25) is 4.98 Å². The molecule has 1 aromatic rings. The highest BCUT2D eigenvalue weighted by Crippen LogP contribution is 2.31. The van der Waals surface area contributed by atoms with Gasteiger partial charge in [0.05, 0.1) is 16.8 Å². The minimum atomic E-state index is -0.575. The first kappa shape index (κ1) is 9.96. The lowest BCUT2D eigenvalue weighted by molar-refractivity contribution is 0.198. The Morgan fingerprint density at radius 1 is 1.67 bits per heavy atom. The van der Waals surface area contributed by atoms with E-state index in [1.54, 1.807) is 20.0 Å². The van der Waals surface area contributed by atoms with Crippen molar-refractivity contribution in [2.75, 3.05) is 0 Å². The second kappa shape index (κ2) is 3.73. The summed E-state index contributed by atoms with van der Waals surface area (Å²) in [7, 11) is 0. The summed E-state index contributed by atoms with van der Waals surface area (Å²) in [5, 5.41) is 9.89. The van der Waals surface area contributed by atoms with E-state index >= 15 is 0 Å². The molecular weight excluding hydrogens is 241 g/mol. The molecule has 12 heavy (non-hydrogen) atoms. The quantitative estimate of drug-likeness (QED) is 0.831. The van der Waals surface area contributed by atoms with Gasteiger partial charge in [-0.1, -0.05) is 11.6 Å². The van der Waals surface area contributed by atoms with Crippen LogP contribution in [0.5, 0.6) is 0 Å². The molecule has 1 N–H and O–H groups in total. The number of hydrogen-bond donors (Lipinski definition) is 1. The van der Waals surface area contributed by atoms with Crippen molar-refractivity contribution >= 4 is 27.5 Å². The number of aryl methyl sites for hydroxylation is 1. The molecule has 0 aliphatic carbocycles. The maximum atomic E-state index is 9.37. The molecular formula is C8H9BrClNO. The lowest BCUT2D eigenvalue weighted by Gasteiger charge is -2.10. The highest BCUT2D eigenvalue weighted by Gasteiger charge is 2.13. The van der Waals surface area contributed by atoms with Gasteiger partial charge in [0, 0.05) is 16.2 Å². The molecule has 0 aromatic carbocycles. The first-order valence-corrected chi connectivity index (χ1v) is 4.69. The van der Waals surface area contributed by atoms with E-state index in [1.165, 1.54) is 0 Å². The Kier molecular flexibility index (Phi) is 3.09. The van der Waals surface area contributed by atoms with Gasteiger partial charge in [0.25, 0.3) is 0 Å². The van der Waals surface area contributed by atoms with Crippen molar-refractivity contribution in [3.63, 3.8) is 0 Å². The minimum absolute atomic E-state index is 0.527. The first-order valence-electron chi connectivity index (χ1n) is 3.52. The molecule has 1 atom stereocenters. The lowest BCUT2D eigenvalue weighted by Crippen LogP contribution is -1.97. The molecule has 2 nitrogen and oxygen atoms in total. The Morgan fingerprint density at radius 3 is 2.67 bits per heavy atom. The van der Waals surface area contributed by atoms with Gasteiger partial charge in [0.2, 0.25) is 0 Å². The Bertz CT molecular complexity index is 301. The fourth-order valence-electron chi connectivity index (χ4n) is 0.962. The third kappa shape index (κ3) is 1.79. The average Bonchev–Trinajstić information content (AvgIpc) is 1.97. The summed E-state index contributed by atoms with van der Waals surface area (Å²) in [6.45, 7) is 3.48. The van der Waals surface area contributed by atoms with Gasteiger partial charge in [-0.15, -0.1) is 0 Å². The summed E-state index contributed by atoms with van der Waals surface area (Å²) in [6, 6.07) is 0. The lowest BCUT2D eigenvalue weighted by atomic mass is 10.1. The van der Waals surface area contributed by atoms with Crippen molar-refractivity contribution in [1.29, 1.82) is 0 Å². The van der Waals surface area contributed by atoms with E-state index < -0.39 is 6.10 Å². The highest BCUT2D eigenvalue weighted by molar-refractivity contribution is 9.10. The van der Waals surface area contributed by atoms with Crippen molar-refractivity contribution in [1.82, 2.24) is 4.98 Å². The highest BCUT2D eigenvalue weighted by atomic mass is 79.9. The van der Waals surface area contributed by atoms with Crippen molar-refractivity contribution in [2.24, 2.45) is 0 Å². The predicted octanol–water partition coefficient (Wildman–Crippen LogP) is 2.86. The van der Waals surface area contributed by atoms with Crippen molar-refractivity contribution in [3.05, 3.63) is 26.9 Å². The van der Waals surface area contributed by atoms with E-state index in [2.05, 4.69) is 20.9 Å². The third-order valence-electron chi connectivity index (χ3n) is 1.60. The molecule has 1 unspecified atom stereocenters. The van der Waals surface area contributed by atoms with E-state index in [-0.39, 0.29) is 0 Å². The molecule has 0 saturated carbocycles. The zero-order valence-corrected chi connectivity index (χ0v) is 9.15. The molecule has 0 amide bonds. The molecule has 1 heterocycles. The monoisotopic (exact) mass is 249 g/mol. The number of pyridine rings is 1. The number of aromatic nitrogens is 1. The molecule has 4 heteroatoms. The number of aliphatic hydroxyl groups is 1. The molecule has 0 spiro atoms. The standard InChI is InChI=1S/C8H9BrClNO/c1-4-8(10)7(5(2)12)6(9)3-11-4/h3,5,12H,1-2H3. The molecule has 0 bridgehead atoms. The van der Waals surface area contributed by atoms with Gasteiger partial charge in [-0.05, 0) is 29.8 Å². The average molecular weight is 251 g/mol. The van der Waals surface area contributed by atoms with Crippen LogP contribution in [-0.2, 0) is 0 Å². The van der Waals surface area contributed by atoms with Gasteiger partial charge in [0.15, 0.2) is 0 Å². The van der Waals surface area contributed by atoms with Crippen LogP contribution < -0.4 is 0 Å². The summed E-state index contributed by atoms with van der Waals surface area (Å²) >= 11 is 9.22. The van der Waals surface area contributed by atoms with Gasteiger partial charge in [0.1, 0.15) is 0 Å². The van der Waals surface area contributed by atoms with E-state index in [0.29, 0.717) is 10.6 Å². The number of hydrogen-bond acceptors (Lipinski definition) is 2. The van der Waals surface area contributed by atoms with Crippen LogP contribution in [0.3, 0.4) is 0 Å². The Hall–Kier alpha value is -0.120. The Labute approximate surface area is 84.7 Å². The smallest absolute Gasteiger partial charge is 0.0788 e. The van der Waals surface area contributed by atoms with Gasteiger partial charge < -0.3 is 5.11 Å². The Balaban J connectivity index is 3.33. The van der Waals surface area contributed by atoms with E-state index in [1.807, 2.05) is 0 Å². The van der Waals surface area contributed by atoms with E-state index in [9.17, 15) is 5.11 Å². The zero-order valence-electron chi connectivity index (χ0n) is 6.81. The number of rotatable bonds is 1. The van der Waals surface area contributed by atoms with Crippen LogP contribution in [0.15, 0.2) is 10.7 Å². The van der Waals surface area contributed by atoms with Gasteiger partial charge in [-0.2, -0.15) is 0 Å². The summed E-state index contributed by atoms with van der Waals surface area (Å²) in [5.41, 5.74) is 1.43. The topological polar surface area (TPSA) is 33.1 Å². The maximum Gasteiger partial charge on any atom is 0.0788 e. The fourth-order valence-corrected chi connectivity index (χ4v) is 2.02. The number of aliphatic hydroxyl groups excluding tert-OH is 1. The second-order valence-corrected chi connectivity index (χ2v) is 3.83. The van der Waals surface area contributed by atoms with Crippen molar-refractivity contribution < 1.29 is 5.11 Å². The summed E-state index contributed by atoms with van der Waals surface area (Å²) in [6.07, 6.45) is 1.07. The largest absolute Gasteiger partial charge is 0.389 e. The predicted molar refractivity (Wildman–Crippen MR) is 52.3 cm³/mol. The van der Waals surface area contributed by atoms with E-state index in [0.717, 1.165) is 10.2 Å². The van der Waals surface area contributed by atoms with E-state index in [4.69, 9.17) is 11.6 Å². The van der Waals surface area contributed by atoms with Crippen molar-refractivity contribution in [3.8, 4) is 0 Å². The molecule has 1 aromatic heterocycles. The molecule has 0 fully saturated rings. The van der Waals surface area contributed by atoms with Crippen LogP contribution in [0, 0.1) is 6.92 Å². The van der Waals surface area contributed by atoms with Crippen LogP contribution in [0.25, 0.3) is 0 Å². The molecule has 66 valence electrons. The normalized spacial score (nSPS) is 13.1. The third-order valence-corrected chi connectivity index (χ3v) is 2.71. The van der Waals surface area contributed by atoms with Crippen LogP contribution in [0.2, 0.25) is 5.02 Å². The molecule has 0 radical (unpaired) electrons. The number of halogens is 2. The fraction of sp³-hybridized carbons (Fsp3) is 0.375. The number of nitrogens with zero attached hydrogens (tertiary/aromatic N) is 1. The van der Waals surface area contributed by atoms with Crippen LogP contribution in [-0.4, -0.2) is 10.1 Å². The molecule has 1 rings (SSSR count). The zero-order chi connectivity index (χ0) is 9.30. The minimum Gasteiger partial charge on any atom is -0.389 e. The maximum absolute atomic E-state index is 9.37. The van der Waals surface area contributed by atoms with Crippen LogP contribution in [0.4, 0.5) is 0 Å². The Morgan fingerprint density at radius 2 is 2.25 bits per heavy atom. The van der Waals surface area contributed by atoms with Crippen LogP contribution in [0.1, 0.15) is 24.3 Å².